The van der Waals surface area contributed by atoms with Crippen molar-refractivity contribution in [3.8, 4) is 17.6 Å². The molecule has 0 spiro atoms. The van der Waals surface area contributed by atoms with Crippen LogP contribution in [0.15, 0.2) is 42.5 Å². The summed E-state index contributed by atoms with van der Waals surface area (Å²) in [4.78, 5) is 3.52. The summed E-state index contributed by atoms with van der Waals surface area (Å²) >= 11 is 0. The standard InChI is InChI=1S/C21H20N2O2/c1-24-19-8-7-14(11-20(19)25-2)21(13-22)10-9-16-15-5-3-4-6-17(15)23-18(16)12-21/h3-8,11,23H,9-10,12H2,1-2H3/t21-/m1/s1. The molecule has 126 valence electrons. The first-order chi connectivity index (χ1) is 12.2. The maximum atomic E-state index is 10.0. The lowest BCUT2D eigenvalue weighted by Gasteiger charge is -2.31. The van der Waals surface area contributed by atoms with Crippen LogP contribution in [0, 0.1) is 11.3 Å². The molecule has 1 aromatic heterocycles. The van der Waals surface area contributed by atoms with Gasteiger partial charge >= 0.3 is 0 Å². The highest BCUT2D eigenvalue weighted by Crippen LogP contribution is 2.42. The predicted molar refractivity (Wildman–Crippen MR) is 97.2 cm³/mol. The Morgan fingerprint density at radius 1 is 1.08 bits per heavy atom. The van der Waals surface area contributed by atoms with Gasteiger partial charge in [-0.3, -0.25) is 0 Å². The van der Waals surface area contributed by atoms with Crippen molar-refractivity contribution in [3.05, 3.63) is 59.3 Å². The molecule has 0 saturated carbocycles. The molecule has 0 radical (unpaired) electrons. The van der Waals surface area contributed by atoms with Crippen molar-refractivity contribution < 1.29 is 9.47 Å². The second-order valence-electron chi connectivity index (χ2n) is 6.57. The highest BCUT2D eigenvalue weighted by molar-refractivity contribution is 5.85. The average Bonchev–Trinajstić information content (AvgIpc) is 3.04. The van der Waals surface area contributed by atoms with Crippen molar-refractivity contribution in [2.24, 2.45) is 0 Å². The molecule has 0 fully saturated rings. The van der Waals surface area contributed by atoms with Crippen LogP contribution < -0.4 is 9.47 Å². The fourth-order valence-electron chi connectivity index (χ4n) is 3.96. The van der Waals surface area contributed by atoms with E-state index in [-0.39, 0.29) is 0 Å². The number of aromatic amines is 1. The van der Waals surface area contributed by atoms with Crippen molar-refractivity contribution in [2.45, 2.75) is 24.7 Å². The van der Waals surface area contributed by atoms with E-state index in [0.717, 1.165) is 23.9 Å². The van der Waals surface area contributed by atoms with Crippen molar-refractivity contribution in [2.75, 3.05) is 14.2 Å². The molecule has 1 aliphatic rings. The Morgan fingerprint density at radius 3 is 2.64 bits per heavy atom. The predicted octanol–water partition coefficient (Wildman–Crippen LogP) is 4.14. The van der Waals surface area contributed by atoms with E-state index in [4.69, 9.17) is 9.47 Å². The van der Waals surface area contributed by atoms with Crippen molar-refractivity contribution in [1.82, 2.24) is 4.98 Å². The van der Waals surface area contributed by atoms with Crippen LogP contribution in [-0.2, 0) is 18.3 Å². The fourth-order valence-corrected chi connectivity index (χ4v) is 3.96. The summed E-state index contributed by atoms with van der Waals surface area (Å²) in [6.07, 6.45) is 2.37. The van der Waals surface area contributed by atoms with Crippen LogP contribution in [0.4, 0.5) is 0 Å². The number of fused-ring (bicyclic) bond motifs is 3. The van der Waals surface area contributed by atoms with E-state index >= 15 is 0 Å². The van der Waals surface area contributed by atoms with E-state index in [1.807, 2.05) is 24.3 Å². The number of hydrogen-bond donors (Lipinski definition) is 1. The zero-order valence-corrected chi connectivity index (χ0v) is 14.4. The molecule has 0 unspecified atom stereocenters. The lowest BCUT2D eigenvalue weighted by atomic mass is 9.70. The number of para-hydroxylation sites is 1. The molecular formula is C21H20N2O2. The number of aryl methyl sites for hydroxylation is 1. The summed E-state index contributed by atoms with van der Waals surface area (Å²) in [7, 11) is 3.24. The molecule has 1 atom stereocenters. The maximum absolute atomic E-state index is 10.0. The summed E-state index contributed by atoms with van der Waals surface area (Å²) in [6, 6.07) is 16.8. The largest absolute Gasteiger partial charge is 0.493 e. The second-order valence-corrected chi connectivity index (χ2v) is 6.57. The molecular weight excluding hydrogens is 312 g/mol. The van der Waals surface area contributed by atoms with Gasteiger partial charge in [0.1, 0.15) is 0 Å². The Morgan fingerprint density at radius 2 is 1.88 bits per heavy atom. The van der Waals surface area contributed by atoms with Gasteiger partial charge in [0.2, 0.25) is 0 Å². The fraction of sp³-hybridized carbons (Fsp3) is 0.286. The number of ether oxygens (including phenoxy) is 2. The summed E-state index contributed by atoms with van der Waals surface area (Å²) in [5, 5.41) is 11.3. The number of nitriles is 1. The first-order valence-corrected chi connectivity index (χ1v) is 8.43. The van der Waals surface area contributed by atoms with Crippen LogP contribution in [-0.4, -0.2) is 19.2 Å². The minimum atomic E-state index is -0.548. The molecule has 1 N–H and O–H groups in total. The number of aromatic nitrogens is 1. The van der Waals surface area contributed by atoms with Gasteiger partial charge in [0.25, 0.3) is 0 Å². The third-order valence-corrected chi connectivity index (χ3v) is 5.33. The Hall–Kier alpha value is -2.93. The summed E-state index contributed by atoms with van der Waals surface area (Å²) in [6.45, 7) is 0. The quantitative estimate of drug-likeness (QED) is 0.784. The topological polar surface area (TPSA) is 58.0 Å². The summed E-state index contributed by atoms with van der Waals surface area (Å²) < 4.78 is 10.8. The number of nitrogens with zero attached hydrogens (tertiary/aromatic N) is 1. The van der Waals surface area contributed by atoms with Gasteiger partial charge in [0.15, 0.2) is 11.5 Å². The molecule has 3 aromatic rings. The third-order valence-electron chi connectivity index (χ3n) is 5.33. The molecule has 1 aliphatic carbocycles. The highest BCUT2D eigenvalue weighted by atomic mass is 16.5. The lowest BCUT2D eigenvalue weighted by molar-refractivity contribution is 0.352. The van der Waals surface area contributed by atoms with Crippen LogP contribution in [0.3, 0.4) is 0 Å². The van der Waals surface area contributed by atoms with E-state index < -0.39 is 5.41 Å². The van der Waals surface area contributed by atoms with Crippen LogP contribution in [0.2, 0.25) is 0 Å². The monoisotopic (exact) mass is 332 g/mol. The molecule has 4 heteroatoms. The molecule has 0 bridgehead atoms. The SMILES string of the molecule is COc1ccc([C@]2(C#N)CCc3c([nH]c4ccccc34)C2)cc1OC. The first-order valence-electron chi connectivity index (χ1n) is 8.43. The third kappa shape index (κ3) is 2.35. The number of benzene rings is 2. The maximum Gasteiger partial charge on any atom is 0.161 e. The highest BCUT2D eigenvalue weighted by Gasteiger charge is 2.38. The molecule has 2 aromatic carbocycles. The average molecular weight is 332 g/mol. The van der Waals surface area contributed by atoms with E-state index in [0.29, 0.717) is 17.9 Å². The normalized spacial score (nSPS) is 19.2. The lowest BCUT2D eigenvalue weighted by Crippen LogP contribution is -2.31. The van der Waals surface area contributed by atoms with Gasteiger partial charge in [-0.25, -0.2) is 0 Å². The first kappa shape index (κ1) is 15.6. The number of hydrogen-bond acceptors (Lipinski definition) is 3. The van der Waals surface area contributed by atoms with Gasteiger partial charge < -0.3 is 14.5 Å². The number of rotatable bonds is 3. The minimum Gasteiger partial charge on any atom is -0.493 e. The van der Waals surface area contributed by atoms with Crippen LogP contribution in [0.25, 0.3) is 10.9 Å². The van der Waals surface area contributed by atoms with Crippen LogP contribution in [0.1, 0.15) is 23.2 Å². The van der Waals surface area contributed by atoms with E-state index in [1.165, 1.54) is 16.6 Å². The van der Waals surface area contributed by atoms with Gasteiger partial charge in [-0.2, -0.15) is 5.26 Å². The Balaban J connectivity index is 1.79. The Kier molecular flexibility index (Phi) is 3.65. The minimum absolute atomic E-state index is 0.548. The molecule has 0 aliphatic heterocycles. The molecule has 4 nitrogen and oxygen atoms in total. The zero-order chi connectivity index (χ0) is 17.4. The Labute approximate surface area is 147 Å². The van der Waals surface area contributed by atoms with Crippen molar-refractivity contribution in [3.63, 3.8) is 0 Å². The van der Waals surface area contributed by atoms with Gasteiger partial charge in [-0.1, -0.05) is 24.3 Å². The molecule has 1 heterocycles. The molecule has 0 amide bonds. The Bertz CT molecular complexity index is 983. The van der Waals surface area contributed by atoms with Gasteiger partial charge in [0, 0.05) is 23.0 Å². The second kappa shape index (κ2) is 5.86. The zero-order valence-electron chi connectivity index (χ0n) is 14.4. The summed E-state index contributed by atoms with van der Waals surface area (Å²) in [5.41, 5.74) is 4.10. The number of H-pyrrole nitrogens is 1. The number of methoxy groups -OCH3 is 2. The van der Waals surface area contributed by atoms with Gasteiger partial charge in [-0.05, 0) is 42.2 Å². The molecule has 25 heavy (non-hydrogen) atoms. The van der Waals surface area contributed by atoms with E-state index in [9.17, 15) is 5.26 Å². The smallest absolute Gasteiger partial charge is 0.161 e. The summed E-state index contributed by atoms with van der Waals surface area (Å²) in [5.74, 6) is 1.35. The van der Waals surface area contributed by atoms with Gasteiger partial charge in [-0.15, -0.1) is 0 Å². The van der Waals surface area contributed by atoms with Crippen molar-refractivity contribution >= 4 is 10.9 Å². The number of nitrogens with one attached hydrogen (secondary N) is 1. The van der Waals surface area contributed by atoms with Crippen LogP contribution in [0.5, 0.6) is 11.5 Å². The van der Waals surface area contributed by atoms with E-state index in [2.05, 4.69) is 29.3 Å². The van der Waals surface area contributed by atoms with Crippen LogP contribution >= 0.6 is 0 Å². The molecule has 0 saturated heterocycles. The van der Waals surface area contributed by atoms with E-state index in [1.54, 1.807) is 14.2 Å². The van der Waals surface area contributed by atoms with Crippen molar-refractivity contribution in [1.29, 1.82) is 5.26 Å². The molecule has 4 rings (SSSR count). The van der Waals surface area contributed by atoms with Gasteiger partial charge in [0.05, 0.1) is 25.7 Å².